The zero-order valence-electron chi connectivity index (χ0n) is 10.5. The number of carboxylic acid groups (broad SMARTS) is 1. The zero-order valence-corrected chi connectivity index (χ0v) is 10.5. The van der Waals surface area contributed by atoms with Crippen LogP contribution in [-0.2, 0) is 4.79 Å². The number of hydrogen-bond acceptors (Lipinski definition) is 4. The number of likely N-dealkylation sites (tertiary alicyclic amines) is 1. The van der Waals surface area contributed by atoms with Crippen LogP contribution in [0, 0.1) is 19.8 Å². The van der Waals surface area contributed by atoms with E-state index in [-0.39, 0.29) is 12.5 Å². The van der Waals surface area contributed by atoms with E-state index < -0.39 is 11.9 Å². The minimum absolute atomic E-state index is 0.240. The summed E-state index contributed by atoms with van der Waals surface area (Å²) in [6.45, 7) is 4.35. The second kappa shape index (κ2) is 4.80. The zero-order chi connectivity index (χ0) is 13.3. The fourth-order valence-electron chi connectivity index (χ4n) is 2.13. The van der Waals surface area contributed by atoms with Crippen molar-refractivity contribution in [3.63, 3.8) is 0 Å². The Balaban J connectivity index is 2.14. The first-order valence-corrected chi connectivity index (χ1v) is 5.95. The van der Waals surface area contributed by atoms with Crippen LogP contribution in [0.3, 0.4) is 0 Å². The Hall–Kier alpha value is -1.85. The summed E-state index contributed by atoms with van der Waals surface area (Å²) in [5, 5.41) is 12.7. The molecular formula is C12H16N2O4. The molecule has 1 aromatic rings. The lowest BCUT2D eigenvalue weighted by Crippen LogP contribution is -2.42. The van der Waals surface area contributed by atoms with E-state index >= 15 is 0 Å². The predicted molar refractivity (Wildman–Crippen MR) is 62.2 cm³/mol. The van der Waals surface area contributed by atoms with Crippen molar-refractivity contribution in [2.75, 3.05) is 13.1 Å². The first-order valence-electron chi connectivity index (χ1n) is 5.95. The lowest BCUT2D eigenvalue weighted by atomic mass is 9.98. The van der Waals surface area contributed by atoms with E-state index in [4.69, 9.17) is 9.63 Å². The van der Waals surface area contributed by atoms with Crippen LogP contribution in [0.2, 0.25) is 0 Å². The number of carboxylic acids is 1. The highest BCUT2D eigenvalue weighted by Crippen LogP contribution is 2.20. The Morgan fingerprint density at radius 3 is 2.72 bits per heavy atom. The van der Waals surface area contributed by atoms with Crippen molar-refractivity contribution in [1.29, 1.82) is 0 Å². The maximum absolute atomic E-state index is 12.2. The van der Waals surface area contributed by atoms with Crippen LogP contribution in [0.4, 0.5) is 0 Å². The Labute approximate surface area is 105 Å². The van der Waals surface area contributed by atoms with Gasteiger partial charge >= 0.3 is 5.97 Å². The third-order valence-electron chi connectivity index (χ3n) is 3.42. The molecule has 0 aromatic carbocycles. The fourth-order valence-corrected chi connectivity index (χ4v) is 2.13. The number of aromatic nitrogens is 1. The van der Waals surface area contributed by atoms with Crippen molar-refractivity contribution in [3.8, 4) is 0 Å². The summed E-state index contributed by atoms with van der Waals surface area (Å²) in [7, 11) is 0. The van der Waals surface area contributed by atoms with Gasteiger partial charge in [-0.25, -0.2) is 0 Å². The molecule has 2 rings (SSSR count). The van der Waals surface area contributed by atoms with Gasteiger partial charge in [0.15, 0.2) is 5.69 Å². The van der Waals surface area contributed by atoms with Crippen LogP contribution in [0.25, 0.3) is 0 Å². The molecule has 1 fully saturated rings. The monoisotopic (exact) mass is 252 g/mol. The van der Waals surface area contributed by atoms with Gasteiger partial charge < -0.3 is 14.5 Å². The Morgan fingerprint density at radius 2 is 2.17 bits per heavy atom. The third-order valence-corrected chi connectivity index (χ3v) is 3.42. The van der Waals surface area contributed by atoms with E-state index in [2.05, 4.69) is 5.16 Å². The molecule has 1 aliphatic heterocycles. The largest absolute Gasteiger partial charge is 0.481 e. The molecule has 0 radical (unpaired) electrons. The van der Waals surface area contributed by atoms with E-state index in [1.807, 2.05) is 0 Å². The molecular weight excluding hydrogens is 236 g/mol. The molecule has 1 saturated heterocycles. The highest BCUT2D eigenvalue weighted by molar-refractivity contribution is 5.94. The Bertz CT molecular complexity index is 480. The first-order chi connectivity index (χ1) is 8.50. The average molecular weight is 252 g/mol. The molecule has 1 aliphatic rings. The normalized spacial score (nSPS) is 19.9. The van der Waals surface area contributed by atoms with E-state index in [0.717, 1.165) is 5.56 Å². The molecule has 1 aromatic heterocycles. The summed E-state index contributed by atoms with van der Waals surface area (Å²) in [5.41, 5.74) is 1.01. The number of carbonyl (C=O) groups excluding carboxylic acids is 1. The lowest BCUT2D eigenvalue weighted by Gasteiger charge is -2.30. The third kappa shape index (κ3) is 2.23. The van der Waals surface area contributed by atoms with Crippen molar-refractivity contribution in [2.45, 2.75) is 26.7 Å². The molecule has 0 aliphatic carbocycles. The molecule has 1 atom stereocenters. The maximum Gasteiger partial charge on any atom is 0.308 e. The molecule has 1 unspecified atom stereocenters. The van der Waals surface area contributed by atoms with Crippen molar-refractivity contribution >= 4 is 11.9 Å². The number of aliphatic carboxylic acids is 1. The lowest BCUT2D eigenvalue weighted by molar-refractivity contribution is -0.143. The summed E-state index contributed by atoms with van der Waals surface area (Å²) in [5.74, 6) is -0.947. The molecule has 6 nitrogen and oxygen atoms in total. The number of carbonyl (C=O) groups is 2. The Morgan fingerprint density at radius 1 is 1.44 bits per heavy atom. The molecule has 18 heavy (non-hydrogen) atoms. The maximum atomic E-state index is 12.2. The quantitative estimate of drug-likeness (QED) is 0.855. The van der Waals surface area contributed by atoms with Gasteiger partial charge in [-0.1, -0.05) is 5.16 Å². The van der Waals surface area contributed by atoms with Gasteiger partial charge in [0.1, 0.15) is 5.76 Å². The molecule has 0 spiro atoms. The minimum Gasteiger partial charge on any atom is -0.481 e. The van der Waals surface area contributed by atoms with Gasteiger partial charge in [-0.05, 0) is 26.7 Å². The van der Waals surface area contributed by atoms with Gasteiger partial charge in [0, 0.05) is 18.7 Å². The fraction of sp³-hybridized carbons (Fsp3) is 0.583. The second-order valence-electron chi connectivity index (χ2n) is 4.64. The predicted octanol–water partition coefficient (Wildman–Crippen LogP) is 1.23. The van der Waals surface area contributed by atoms with Crippen molar-refractivity contribution in [1.82, 2.24) is 10.1 Å². The van der Waals surface area contributed by atoms with E-state index in [1.165, 1.54) is 0 Å². The minimum atomic E-state index is -0.847. The molecule has 0 bridgehead atoms. The molecule has 1 amide bonds. The molecule has 2 heterocycles. The molecule has 1 N–H and O–H groups in total. The van der Waals surface area contributed by atoms with Gasteiger partial charge in [-0.2, -0.15) is 0 Å². The van der Waals surface area contributed by atoms with Crippen molar-refractivity contribution in [3.05, 3.63) is 17.0 Å². The van der Waals surface area contributed by atoms with Gasteiger partial charge in [0.2, 0.25) is 0 Å². The number of piperidine rings is 1. The number of amides is 1. The SMILES string of the molecule is Cc1onc(C(=O)N2CCCC(C(=O)O)C2)c1C. The summed E-state index contributed by atoms with van der Waals surface area (Å²) in [4.78, 5) is 24.7. The van der Waals surface area contributed by atoms with Crippen LogP contribution in [0.1, 0.15) is 34.7 Å². The van der Waals surface area contributed by atoms with Crippen LogP contribution in [0.5, 0.6) is 0 Å². The summed E-state index contributed by atoms with van der Waals surface area (Å²) >= 11 is 0. The number of nitrogens with zero attached hydrogens (tertiary/aromatic N) is 2. The molecule has 98 valence electrons. The van der Waals surface area contributed by atoms with Gasteiger partial charge in [0.25, 0.3) is 5.91 Å². The van der Waals surface area contributed by atoms with E-state index in [1.54, 1.807) is 18.7 Å². The number of rotatable bonds is 2. The smallest absolute Gasteiger partial charge is 0.308 e. The summed E-state index contributed by atoms with van der Waals surface area (Å²) in [6.07, 6.45) is 1.33. The first kappa shape index (κ1) is 12.6. The highest BCUT2D eigenvalue weighted by Gasteiger charge is 2.30. The van der Waals surface area contributed by atoms with Crippen LogP contribution in [0.15, 0.2) is 4.52 Å². The van der Waals surface area contributed by atoms with E-state index in [0.29, 0.717) is 30.8 Å². The van der Waals surface area contributed by atoms with Crippen LogP contribution >= 0.6 is 0 Å². The van der Waals surface area contributed by atoms with E-state index in [9.17, 15) is 9.59 Å². The van der Waals surface area contributed by atoms with Crippen LogP contribution < -0.4 is 0 Å². The topological polar surface area (TPSA) is 83.6 Å². The standard InChI is InChI=1S/C12H16N2O4/c1-7-8(2)18-13-10(7)11(15)14-5-3-4-9(6-14)12(16)17/h9H,3-6H2,1-2H3,(H,16,17). The van der Waals surface area contributed by atoms with Crippen LogP contribution in [-0.4, -0.2) is 40.1 Å². The highest BCUT2D eigenvalue weighted by atomic mass is 16.5. The summed E-state index contributed by atoms with van der Waals surface area (Å²) < 4.78 is 4.97. The average Bonchev–Trinajstić information content (AvgIpc) is 2.69. The Kier molecular flexibility index (Phi) is 3.36. The van der Waals surface area contributed by atoms with Crippen molar-refractivity contribution in [2.24, 2.45) is 5.92 Å². The number of aryl methyl sites for hydroxylation is 1. The van der Waals surface area contributed by atoms with Gasteiger partial charge in [-0.15, -0.1) is 0 Å². The molecule has 0 saturated carbocycles. The summed E-state index contributed by atoms with van der Waals surface area (Å²) in [6, 6.07) is 0. The number of hydrogen-bond donors (Lipinski definition) is 1. The second-order valence-corrected chi connectivity index (χ2v) is 4.64. The molecule has 6 heteroatoms. The van der Waals surface area contributed by atoms with Gasteiger partial charge in [-0.3, -0.25) is 9.59 Å². The van der Waals surface area contributed by atoms with Crippen molar-refractivity contribution < 1.29 is 19.2 Å². The van der Waals surface area contributed by atoms with Gasteiger partial charge in [0.05, 0.1) is 5.92 Å².